The van der Waals surface area contributed by atoms with Crippen LogP contribution in [-0.2, 0) is 6.42 Å². The summed E-state index contributed by atoms with van der Waals surface area (Å²) in [6, 6.07) is 17.1. The molecule has 0 aliphatic carbocycles. The lowest BCUT2D eigenvalue weighted by Gasteiger charge is -2.40. The number of carbonyl (C=O) groups excluding carboxylic acids is 1. The molecule has 2 amide bonds. The van der Waals surface area contributed by atoms with Crippen molar-refractivity contribution in [3.05, 3.63) is 59.7 Å². The molecule has 0 N–H and O–H groups in total. The van der Waals surface area contributed by atoms with Gasteiger partial charge in [0.05, 0.1) is 0 Å². The van der Waals surface area contributed by atoms with Crippen LogP contribution in [-0.4, -0.2) is 43.7 Å². The molecule has 0 radical (unpaired) electrons. The number of piperazine rings is 1. The molecule has 0 spiro atoms. The molecule has 2 aromatic rings. The van der Waals surface area contributed by atoms with Crippen LogP contribution in [0.1, 0.15) is 17.5 Å². The van der Waals surface area contributed by atoms with Crippen molar-refractivity contribution >= 4 is 17.4 Å². The standard InChI is InChI=1S/C21H25N3O/c1-17-6-4-9-19(16-17)22-12-14-23(15-13-22)21(25)24-11-5-8-18-7-2-3-10-20(18)24/h2-4,6-7,9-10,16H,5,8,11-15H2,1H3. The molecule has 130 valence electrons. The van der Waals surface area contributed by atoms with Crippen molar-refractivity contribution in [2.24, 2.45) is 0 Å². The van der Waals surface area contributed by atoms with E-state index in [1.807, 2.05) is 15.9 Å². The lowest BCUT2D eigenvalue weighted by Crippen LogP contribution is -2.53. The van der Waals surface area contributed by atoms with Gasteiger partial charge in [0.2, 0.25) is 0 Å². The van der Waals surface area contributed by atoms with Crippen molar-refractivity contribution < 1.29 is 4.79 Å². The van der Waals surface area contributed by atoms with Gasteiger partial charge in [0, 0.05) is 44.1 Å². The first kappa shape index (κ1) is 16.0. The summed E-state index contributed by atoms with van der Waals surface area (Å²) in [6.07, 6.45) is 2.12. The van der Waals surface area contributed by atoms with Crippen molar-refractivity contribution in [2.75, 3.05) is 42.5 Å². The number of hydrogen-bond acceptors (Lipinski definition) is 2. The van der Waals surface area contributed by atoms with Gasteiger partial charge in [-0.05, 0) is 49.1 Å². The Morgan fingerprint density at radius 3 is 2.52 bits per heavy atom. The number of carbonyl (C=O) groups is 1. The van der Waals surface area contributed by atoms with Gasteiger partial charge in [-0.15, -0.1) is 0 Å². The molecule has 0 bridgehead atoms. The highest BCUT2D eigenvalue weighted by atomic mass is 16.2. The van der Waals surface area contributed by atoms with E-state index in [0.29, 0.717) is 0 Å². The van der Waals surface area contributed by atoms with Crippen LogP contribution in [0.4, 0.5) is 16.2 Å². The second-order valence-corrected chi connectivity index (χ2v) is 6.98. The van der Waals surface area contributed by atoms with Crippen molar-refractivity contribution in [1.82, 2.24) is 4.90 Å². The highest BCUT2D eigenvalue weighted by Gasteiger charge is 2.28. The third-order valence-electron chi connectivity index (χ3n) is 5.26. The number of aryl methyl sites for hydroxylation is 2. The molecule has 1 saturated heterocycles. The Morgan fingerprint density at radius 2 is 1.72 bits per heavy atom. The summed E-state index contributed by atoms with van der Waals surface area (Å²) in [7, 11) is 0. The van der Waals surface area contributed by atoms with Gasteiger partial charge < -0.3 is 9.80 Å². The summed E-state index contributed by atoms with van der Waals surface area (Å²) in [6.45, 7) is 6.30. The second kappa shape index (κ2) is 6.79. The Kier molecular flexibility index (Phi) is 4.35. The summed E-state index contributed by atoms with van der Waals surface area (Å²) >= 11 is 0. The Balaban J connectivity index is 1.44. The van der Waals surface area contributed by atoms with E-state index in [1.54, 1.807) is 0 Å². The lowest BCUT2D eigenvalue weighted by molar-refractivity contribution is 0.200. The smallest absolute Gasteiger partial charge is 0.324 e. The second-order valence-electron chi connectivity index (χ2n) is 6.98. The van der Waals surface area contributed by atoms with Gasteiger partial charge in [-0.1, -0.05) is 30.3 Å². The van der Waals surface area contributed by atoms with E-state index >= 15 is 0 Å². The SMILES string of the molecule is Cc1cccc(N2CCN(C(=O)N3CCCc4ccccc43)CC2)c1. The molecule has 0 unspecified atom stereocenters. The number of para-hydroxylation sites is 1. The normalized spacial score (nSPS) is 17.4. The van der Waals surface area contributed by atoms with Crippen molar-refractivity contribution in [1.29, 1.82) is 0 Å². The van der Waals surface area contributed by atoms with Crippen molar-refractivity contribution in [3.63, 3.8) is 0 Å². The molecule has 0 saturated carbocycles. The maximum Gasteiger partial charge on any atom is 0.324 e. The molecule has 2 aliphatic rings. The third-order valence-corrected chi connectivity index (χ3v) is 5.26. The van der Waals surface area contributed by atoms with E-state index in [-0.39, 0.29) is 6.03 Å². The average Bonchev–Trinajstić information content (AvgIpc) is 2.67. The van der Waals surface area contributed by atoms with Crippen LogP contribution in [0.2, 0.25) is 0 Å². The summed E-state index contributed by atoms with van der Waals surface area (Å²) in [5.74, 6) is 0. The Bertz CT molecular complexity index is 765. The van der Waals surface area contributed by atoms with Gasteiger partial charge in [-0.2, -0.15) is 0 Å². The minimum Gasteiger partial charge on any atom is -0.368 e. The van der Waals surface area contributed by atoms with Gasteiger partial charge >= 0.3 is 6.03 Å². The molecule has 0 atom stereocenters. The Hall–Kier alpha value is -2.49. The maximum atomic E-state index is 13.0. The quantitative estimate of drug-likeness (QED) is 0.795. The molecular weight excluding hydrogens is 310 g/mol. The molecule has 4 rings (SSSR count). The fraction of sp³-hybridized carbons (Fsp3) is 0.381. The van der Waals surface area contributed by atoms with E-state index in [1.165, 1.54) is 16.8 Å². The number of urea groups is 1. The van der Waals surface area contributed by atoms with E-state index in [9.17, 15) is 4.79 Å². The molecular formula is C21H25N3O. The van der Waals surface area contributed by atoms with E-state index in [0.717, 1.165) is 51.3 Å². The molecule has 0 aromatic heterocycles. The van der Waals surface area contributed by atoms with Gasteiger partial charge in [0.25, 0.3) is 0 Å². The van der Waals surface area contributed by atoms with E-state index in [2.05, 4.69) is 54.3 Å². The number of hydrogen-bond donors (Lipinski definition) is 0. The zero-order valence-electron chi connectivity index (χ0n) is 14.8. The predicted octanol–water partition coefficient (Wildman–Crippen LogP) is 3.69. The summed E-state index contributed by atoms with van der Waals surface area (Å²) in [5, 5.41) is 0. The van der Waals surface area contributed by atoms with Crippen LogP contribution in [0.3, 0.4) is 0 Å². The number of rotatable bonds is 1. The molecule has 2 aliphatic heterocycles. The van der Waals surface area contributed by atoms with E-state index in [4.69, 9.17) is 0 Å². The first-order chi connectivity index (χ1) is 12.2. The Labute approximate surface area is 149 Å². The van der Waals surface area contributed by atoms with Gasteiger partial charge in [-0.3, -0.25) is 4.90 Å². The first-order valence-electron chi connectivity index (χ1n) is 9.18. The maximum absolute atomic E-state index is 13.0. The molecule has 2 aromatic carbocycles. The summed E-state index contributed by atoms with van der Waals surface area (Å²) < 4.78 is 0. The lowest BCUT2D eigenvalue weighted by atomic mass is 10.0. The summed E-state index contributed by atoms with van der Waals surface area (Å²) in [4.78, 5) is 19.4. The van der Waals surface area contributed by atoms with Crippen LogP contribution in [0.5, 0.6) is 0 Å². The number of amides is 2. The third kappa shape index (κ3) is 3.21. The van der Waals surface area contributed by atoms with Crippen LogP contribution in [0.15, 0.2) is 48.5 Å². The molecule has 4 heteroatoms. The minimum atomic E-state index is 0.163. The fourth-order valence-electron chi connectivity index (χ4n) is 3.88. The molecule has 1 fully saturated rings. The molecule has 4 nitrogen and oxygen atoms in total. The fourth-order valence-corrected chi connectivity index (χ4v) is 3.88. The monoisotopic (exact) mass is 335 g/mol. The van der Waals surface area contributed by atoms with Crippen LogP contribution >= 0.6 is 0 Å². The molecule has 2 heterocycles. The van der Waals surface area contributed by atoms with Gasteiger partial charge in [-0.25, -0.2) is 4.79 Å². The van der Waals surface area contributed by atoms with Crippen LogP contribution in [0, 0.1) is 6.92 Å². The minimum absolute atomic E-state index is 0.163. The first-order valence-corrected chi connectivity index (χ1v) is 9.18. The number of nitrogens with zero attached hydrogens (tertiary/aromatic N) is 3. The summed E-state index contributed by atoms with van der Waals surface area (Å²) in [5.41, 5.74) is 4.93. The highest BCUT2D eigenvalue weighted by Crippen LogP contribution is 2.28. The predicted molar refractivity (Wildman–Crippen MR) is 102 cm³/mol. The molecule has 25 heavy (non-hydrogen) atoms. The number of anilines is 2. The highest BCUT2D eigenvalue weighted by molar-refractivity contribution is 5.93. The van der Waals surface area contributed by atoms with Crippen molar-refractivity contribution in [2.45, 2.75) is 19.8 Å². The number of benzene rings is 2. The van der Waals surface area contributed by atoms with Gasteiger partial charge in [0.1, 0.15) is 0 Å². The average molecular weight is 335 g/mol. The van der Waals surface area contributed by atoms with Crippen LogP contribution < -0.4 is 9.80 Å². The van der Waals surface area contributed by atoms with Crippen LogP contribution in [0.25, 0.3) is 0 Å². The zero-order valence-corrected chi connectivity index (χ0v) is 14.8. The largest absolute Gasteiger partial charge is 0.368 e. The van der Waals surface area contributed by atoms with Crippen molar-refractivity contribution in [3.8, 4) is 0 Å². The topological polar surface area (TPSA) is 26.8 Å². The van der Waals surface area contributed by atoms with Gasteiger partial charge in [0.15, 0.2) is 0 Å². The number of fused-ring (bicyclic) bond motifs is 1. The Morgan fingerprint density at radius 1 is 0.920 bits per heavy atom. The van der Waals surface area contributed by atoms with E-state index < -0.39 is 0 Å². The zero-order chi connectivity index (χ0) is 17.2.